The highest BCUT2D eigenvalue weighted by atomic mass is 35.5. The Hall–Kier alpha value is -3.19. The number of carbonyl (C=O) groups excluding carboxylic acids is 3. The lowest BCUT2D eigenvalue weighted by molar-refractivity contribution is -0.155. The van der Waals surface area contributed by atoms with E-state index in [1.807, 2.05) is 6.07 Å². The molecule has 3 N–H and O–H groups in total. The molecule has 3 atom stereocenters. The summed E-state index contributed by atoms with van der Waals surface area (Å²) in [4.78, 5) is 43.3. The largest absolute Gasteiger partial charge is 0.356 e. The maximum atomic E-state index is 13.9. The van der Waals surface area contributed by atoms with Gasteiger partial charge in [0.2, 0.25) is 17.7 Å². The van der Waals surface area contributed by atoms with E-state index in [0.717, 1.165) is 6.42 Å². The highest BCUT2D eigenvalue weighted by Crippen LogP contribution is 2.58. The summed E-state index contributed by atoms with van der Waals surface area (Å²) in [5, 5.41) is 16.2. The molecule has 11 heteroatoms. The van der Waals surface area contributed by atoms with Crippen molar-refractivity contribution >= 4 is 40.2 Å². The van der Waals surface area contributed by atoms with E-state index < -0.39 is 54.0 Å². The summed E-state index contributed by atoms with van der Waals surface area (Å²) in [7, 11) is 0. The van der Waals surface area contributed by atoms with Gasteiger partial charge in [0.05, 0.1) is 16.6 Å². The fourth-order valence-electron chi connectivity index (χ4n) is 5.95. The van der Waals surface area contributed by atoms with Gasteiger partial charge in [0.25, 0.3) is 5.91 Å². The molecule has 2 aromatic rings. The number of amides is 3. The number of halogens is 3. The molecule has 1 spiro atoms. The van der Waals surface area contributed by atoms with Crippen LogP contribution in [0, 0.1) is 22.7 Å². The molecule has 3 aliphatic rings. The van der Waals surface area contributed by atoms with E-state index in [4.69, 9.17) is 11.6 Å². The van der Waals surface area contributed by atoms with Gasteiger partial charge < -0.3 is 20.5 Å². The molecule has 0 bridgehead atoms. The summed E-state index contributed by atoms with van der Waals surface area (Å²) < 4.78 is 27.7. The first-order valence-electron chi connectivity index (χ1n) is 12.0. The second-order valence-corrected chi connectivity index (χ2v) is 10.7. The predicted molar refractivity (Wildman–Crippen MR) is 127 cm³/mol. The molecule has 1 aromatic carbocycles. The number of fused-ring (bicyclic) bond motifs is 1. The van der Waals surface area contributed by atoms with Crippen molar-refractivity contribution in [2.24, 2.45) is 11.3 Å². The lowest BCUT2D eigenvalue weighted by Crippen LogP contribution is -2.50. The minimum atomic E-state index is -2.82. The average Bonchev–Trinajstić information content (AvgIpc) is 3.42. The van der Waals surface area contributed by atoms with Crippen LogP contribution in [0.1, 0.15) is 49.0 Å². The maximum absolute atomic E-state index is 13.9. The molecule has 2 saturated heterocycles. The lowest BCUT2D eigenvalue weighted by atomic mass is 9.65. The van der Waals surface area contributed by atoms with Gasteiger partial charge in [0, 0.05) is 42.7 Å². The first-order valence-corrected chi connectivity index (χ1v) is 12.4. The van der Waals surface area contributed by atoms with Gasteiger partial charge in [-0.2, -0.15) is 5.26 Å². The minimum absolute atomic E-state index is 0.0187. The zero-order valence-electron chi connectivity index (χ0n) is 19.5. The van der Waals surface area contributed by atoms with E-state index in [0.29, 0.717) is 28.9 Å². The van der Waals surface area contributed by atoms with Crippen LogP contribution in [0.2, 0.25) is 5.02 Å². The lowest BCUT2D eigenvalue weighted by Gasteiger charge is -2.44. The molecular weight excluding hydrogens is 492 g/mol. The number of alkyl halides is 2. The molecule has 3 amide bonds. The van der Waals surface area contributed by atoms with Crippen LogP contribution in [-0.2, 0) is 9.59 Å². The third-order valence-electron chi connectivity index (χ3n) is 7.57. The molecule has 8 nitrogen and oxygen atoms in total. The maximum Gasteiger partial charge on any atom is 0.271 e. The summed E-state index contributed by atoms with van der Waals surface area (Å²) in [6.45, 7) is 0.606. The van der Waals surface area contributed by atoms with Gasteiger partial charge in [-0.3, -0.25) is 14.4 Å². The Balaban J connectivity index is 1.36. The monoisotopic (exact) mass is 517 g/mol. The van der Waals surface area contributed by atoms with Crippen LogP contribution in [0.4, 0.5) is 8.78 Å². The number of benzene rings is 1. The highest BCUT2D eigenvalue weighted by molar-refractivity contribution is 6.35. The molecule has 1 saturated carbocycles. The molecule has 5 rings (SSSR count). The Bertz CT molecular complexity index is 1260. The highest BCUT2D eigenvalue weighted by Gasteiger charge is 2.62. The molecule has 1 aromatic heterocycles. The smallest absolute Gasteiger partial charge is 0.271 e. The number of piperidine rings is 1. The number of rotatable bonds is 5. The van der Waals surface area contributed by atoms with Crippen molar-refractivity contribution in [3.8, 4) is 6.07 Å². The number of nitrogens with one attached hydrogen (secondary N) is 3. The quantitative estimate of drug-likeness (QED) is 0.563. The second-order valence-electron chi connectivity index (χ2n) is 10.3. The fourth-order valence-corrected chi connectivity index (χ4v) is 6.18. The predicted octanol–water partition coefficient (Wildman–Crippen LogP) is 3.38. The van der Waals surface area contributed by atoms with Crippen LogP contribution in [0.25, 0.3) is 10.9 Å². The zero-order chi connectivity index (χ0) is 25.7. The van der Waals surface area contributed by atoms with Gasteiger partial charge in [-0.15, -0.1) is 0 Å². The van der Waals surface area contributed by atoms with Crippen molar-refractivity contribution in [2.75, 3.05) is 13.1 Å². The van der Waals surface area contributed by atoms with Gasteiger partial charge in [0.15, 0.2) is 0 Å². The summed E-state index contributed by atoms with van der Waals surface area (Å²) in [6.07, 6.45) is 0.863. The summed E-state index contributed by atoms with van der Waals surface area (Å²) >= 11 is 6.22. The van der Waals surface area contributed by atoms with Crippen LogP contribution in [0.5, 0.6) is 0 Å². The third kappa shape index (κ3) is 4.52. The van der Waals surface area contributed by atoms with Crippen LogP contribution < -0.4 is 10.6 Å². The van der Waals surface area contributed by atoms with Crippen molar-refractivity contribution in [3.05, 3.63) is 35.0 Å². The first-order chi connectivity index (χ1) is 17.1. The van der Waals surface area contributed by atoms with Gasteiger partial charge in [-0.05, 0) is 37.8 Å². The Morgan fingerprint density at radius 1 is 1.33 bits per heavy atom. The molecule has 1 aliphatic carbocycles. The number of likely N-dealkylation sites (tertiary alicyclic amines) is 1. The van der Waals surface area contributed by atoms with Crippen LogP contribution >= 0.6 is 11.6 Å². The van der Waals surface area contributed by atoms with Crippen LogP contribution in [0.15, 0.2) is 24.3 Å². The second kappa shape index (κ2) is 9.04. The third-order valence-corrected chi connectivity index (χ3v) is 7.88. The normalized spacial score (nSPS) is 25.2. The standard InChI is InChI=1S/C25H26ClF2N5O3/c26-17-5-1-3-14-8-18(32-20(14)17)23(36)33-13-24(11-25(27,28)12-24)9-19(33)22(35)31-16(10-29)7-15-4-2-6-30-21(15)34/h1,3,5,8,15-16,19,32H,2,4,6-7,9,11-13H2,(H,30,34)(H,31,35)/t15?,16-,19?/m0/s1. The van der Waals surface area contributed by atoms with E-state index in [-0.39, 0.29) is 31.0 Å². The number of para-hydroxylation sites is 1. The number of carbonyl (C=O) groups is 3. The average molecular weight is 518 g/mol. The van der Waals surface area contributed by atoms with Gasteiger partial charge >= 0.3 is 0 Å². The van der Waals surface area contributed by atoms with Crippen molar-refractivity contribution in [1.29, 1.82) is 5.26 Å². The van der Waals surface area contributed by atoms with E-state index >= 15 is 0 Å². The summed E-state index contributed by atoms with van der Waals surface area (Å²) in [5.74, 6) is -4.43. The Morgan fingerprint density at radius 3 is 2.78 bits per heavy atom. The topological polar surface area (TPSA) is 118 Å². The van der Waals surface area contributed by atoms with E-state index in [9.17, 15) is 28.4 Å². The van der Waals surface area contributed by atoms with Gasteiger partial charge in [0.1, 0.15) is 17.8 Å². The van der Waals surface area contributed by atoms with Crippen molar-refractivity contribution in [2.45, 2.75) is 56.5 Å². The number of hydrogen-bond donors (Lipinski definition) is 3. The van der Waals surface area contributed by atoms with E-state index in [2.05, 4.69) is 15.6 Å². The van der Waals surface area contributed by atoms with Crippen molar-refractivity contribution in [1.82, 2.24) is 20.5 Å². The van der Waals surface area contributed by atoms with Crippen molar-refractivity contribution in [3.63, 3.8) is 0 Å². The SMILES string of the molecule is N#C[C@H](CC1CCCNC1=O)NC(=O)C1CC2(CN1C(=O)c1cc3cccc(Cl)c3[nH]1)CC(F)(F)C2. The Kier molecular flexibility index (Phi) is 6.15. The molecule has 2 unspecified atom stereocenters. The molecular formula is C25H26ClF2N5O3. The van der Waals surface area contributed by atoms with Crippen LogP contribution in [0.3, 0.4) is 0 Å². The number of H-pyrrole nitrogens is 1. The first kappa shape index (κ1) is 24.5. The summed E-state index contributed by atoms with van der Waals surface area (Å²) in [5.41, 5.74) is -0.0754. The molecule has 36 heavy (non-hydrogen) atoms. The Morgan fingerprint density at radius 2 is 2.11 bits per heavy atom. The van der Waals surface area contributed by atoms with E-state index in [1.165, 1.54) is 4.90 Å². The molecule has 3 heterocycles. The van der Waals surface area contributed by atoms with E-state index in [1.54, 1.807) is 24.3 Å². The number of hydrogen-bond acceptors (Lipinski definition) is 4. The number of nitrogens with zero attached hydrogens (tertiary/aromatic N) is 2. The molecule has 190 valence electrons. The number of aromatic amines is 1. The van der Waals surface area contributed by atoms with Gasteiger partial charge in [-0.25, -0.2) is 8.78 Å². The number of aromatic nitrogens is 1. The summed E-state index contributed by atoms with van der Waals surface area (Å²) in [6, 6.07) is 6.93. The Labute approximate surface area is 211 Å². The molecule has 3 fully saturated rings. The van der Waals surface area contributed by atoms with Crippen LogP contribution in [-0.4, -0.2) is 58.7 Å². The van der Waals surface area contributed by atoms with Crippen molar-refractivity contribution < 1.29 is 23.2 Å². The number of nitriles is 1. The molecule has 0 radical (unpaired) electrons. The zero-order valence-corrected chi connectivity index (χ0v) is 20.2. The molecule has 2 aliphatic heterocycles. The minimum Gasteiger partial charge on any atom is -0.356 e. The fraction of sp³-hybridized carbons (Fsp3) is 0.520. The van der Waals surface area contributed by atoms with Gasteiger partial charge in [-0.1, -0.05) is 23.7 Å².